The van der Waals surface area contributed by atoms with Gasteiger partial charge in [-0.05, 0) is 52.9 Å². The number of phenolic OH excluding ortho intramolecular Hbond substituents is 1. The third kappa shape index (κ3) is 3.48. The van der Waals surface area contributed by atoms with E-state index in [0.29, 0.717) is 43.4 Å². The number of nitrogens with zero attached hydrogens (tertiary/aromatic N) is 3. The lowest BCUT2D eigenvalue weighted by Crippen LogP contribution is -2.50. The van der Waals surface area contributed by atoms with Gasteiger partial charge in [-0.15, -0.1) is 11.3 Å². The molecule has 0 unspecified atom stereocenters. The summed E-state index contributed by atoms with van der Waals surface area (Å²) in [5.74, 6) is 0.388. The fraction of sp³-hybridized carbons (Fsp3) is 0.389. The summed E-state index contributed by atoms with van der Waals surface area (Å²) in [6.45, 7) is 1.93. The number of thiazole rings is 1. The number of hydrogen-bond donors (Lipinski definition) is 1. The smallest absolute Gasteiger partial charge is 0.273 e. The van der Waals surface area contributed by atoms with Crippen molar-refractivity contribution in [3.05, 3.63) is 44.3 Å². The molecular weight excluding hydrogens is 418 g/mol. The van der Waals surface area contributed by atoms with Crippen molar-refractivity contribution in [2.75, 3.05) is 26.2 Å². The van der Waals surface area contributed by atoms with Crippen molar-refractivity contribution in [1.82, 2.24) is 14.8 Å². The highest BCUT2D eigenvalue weighted by Gasteiger charge is 2.34. The van der Waals surface area contributed by atoms with E-state index in [2.05, 4.69) is 20.9 Å². The minimum absolute atomic E-state index is 0.0432. The number of rotatable bonds is 3. The van der Waals surface area contributed by atoms with Crippen molar-refractivity contribution in [2.24, 2.45) is 0 Å². The number of benzene rings is 1. The van der Waals surface area contributed by atoms with E-state index in [1.807, 2.05) is 0 Å². The van der Waals surface area contributed by atoms with Crippen LogP contribution < -0.4 is 0 Å². The first kappa shape index (κ1) is 17.5. The molecule has 0 spiro atoms. The zero-order valence-corrected chi connectivity index (χ0v) is 16.4. The summed E-state index contributed by atoms with van der Waals surface area (Å²) in [7, 11) is 0. The molecule has 1 aliphatic carbocycles. The zero-order chi connectivity index (χ0) is 18.3. The van der Waals surface area contributed by atoms with Crippen LogP contribution in [-0.2, 0) is 0 Å². The molecule has 0 radical (unpaired) electrons. The van der Waals surface area contributed by atoms with Gasteiger partial charge >= 0.3 is 0 Å². The molecule has 1 saturated carbocycles. The first-order valence-corrected chi connectivity index (χ1v) is 10.2. The van der Waals surface area contributed by atoms with Gasteiger partial charge in [0, 0.05) is 36.6 Å². The van der Waals surface area contributed by atoms with Gasteiger partial charge in [0.25, 0.3) is 11.8 Å². The maximum Gasteiger partial charge on any atom is 0.273 e. The summed E-state index contributed by atoms with van der Waals surface area (Å²) >= 11 is 4.95. The van der Waals surface area contributed by atoms with Gasteiger partial charge in [0.05, 0.1) is 0 Å². The van der Waals surface area contributed by atoms with Crippen molar-refractivity contribution in [2.45, 2.75) is 18.8 Å². The molecule has 2 fully saturated rings. The molecule has 136 valence electrons. The monoisotopic (exact) mass is 435 g/mol. The quantitative estimate of drug-likeness (QED) is 0.803. The van der Waals surface area contributed by atoms with E-state index >= 15 is 0 Å². The van der Waals surface area contributed by atoms with Crippen LogP contribution in [0.5, 0.6) is 5.75 Å². The Morgan fingerprint density at radius 3 is 2.38 bits per heavy atom. The SMILES string of the molecule is O=C(c1cccc(O)c1)N1CCN(C(=O)c2nc(Br)sc2C2CC2)CC1. The van der Waals surface area contributed by atoms with Crippen LogP contribution in [0.15, 0.2) is 28.2 Å². The molecule has 2 aliphatic rings. The second kappa shape index (κ2) is 7.00. The van der Waals surface area contributed by atoms with Crippen LogP contribution in [0.4, 0.5) is 0 Å². The average Bonchev–Trinajstić information content (AvgIpc) is 3.42. The van der Waals surface area contributed by atoms with Gasteiger partial charge in [0.15, 0.2) is 3.92 Å². The molecule has 1 aromatic heterocycles. The Morgan fingerprint density at radius 1 is 1.12 bits per heavy atom. The van der Waals surface area contributed by atoms with Gasteiger partial charge in [-0.2, -0.15) is 0 Å². The van der Waals surface area contributed by atoms with E-state index in [0.717, 1.165) is 21.6 Å². The van der Waals surface area contributed by atoms with Crippen molar-refractivity contribution in [1.29, 1.82) is 0 Å². The number of halogens is 1. The predicted molar refractivity (Wildman–Crippen MR) is 102 cm³/mol. The summed E-state index contributed by atoms with van der Waals surface area (Å²) in [5.41, 5.74) is 1.03. The molecule has 2 aromatic rings. The molecule has 6 nitrogen and oxygen atoms in total. The molecule has 1 aromatic carbocycles. The summed E-state index contributed by atoms with van der Waals surface area (Å²) < 4.78 is 0.750. The Balaban J connectivity index is 1.42. The Labute approximate surface area is 163 Å². The second-order valence-corrected chi connectivity index (χ2v) is 8.90. The van der Waals surface area contributed by atoms with Gasteiger partial charge in [-0.25, -0.2) is 4.98 Å². The third-order valence-corrected chi connectivity index (χ3v) is 6.39. The van der Waals surface area contributed by atoms with Gasteiger partial charge in [0.2, 0.25) is 0 Å². The standard InChI is InChI=1S/C18H18BrN3O3S/c19-18-20-14(15(26-18)11-4-5-11)17(25)22-8-6-21(7-9-22)16(24)12-2-1-3-13(23)10-12/h1-3,10-11,23H,4-9H2. The highest BCUT2D eigenvalue weighted by atomic mass is 79.9. The summed E-state index contributed by atoms with van der Waals surface area (Å²) in [6, 6.07) is 6.35. The molecule has 1 saturated heterocycles. The van der Waals surface area contributed by atoms with E-state index in [9.17, 15) is 14.7 Å². The minimum Gasteiger partial charge on any atom is -0.508 e. The average molecular weight is 436 g/mol. The normalized spacial score (nSPS) is 17.4. The Morgan fingerprint density at radius 2 is 1.77 bits per heavy atom. The van der Waals surface area contributed by atoms with E-state index in [1.54, 1.807) is 33.3 Å². The van der Waals surface area contributed by atoms with Crippen molar-refractivity contribution in [3.8, 4) is 5.75 Å². The van der Waals surface area contributed by atoms with E-state index in [-0.39, 0.29) is 17.6 Å². The van der Waals surface area contributed by atoms with Crippen molar-refractivity contribution < 1.29 is 14.7 Å². The number of hydrogen-bond acceptors (Lipinski definition) is 5. The summed E-state index contributed by atoms with van der Waals surface area (Å²) in [5, 5.41) is 9.55. The summed E-state index contributed by atoms with van der Waals surface area (Å²) in [6.07, 6.45) is 2.25. The lowest BCUT2D eigenvalue weighted by atomic mass is 10.1. The lowest BCUT2D eigenvalue weighted by Gasteiger charge is -2.34. The predicted octanol–water partition coefficient (Wildman–Crippen LogP) is 3.09. The minimum atomic E-state index is -0.122. The molecule has 2 heterocycles. The first-order valence-electron chi connectivity index (χ1n) is 8.56. The lowest BCUT2D eigenvalue weighted by molar-refractivity contribution is 0.0532. The fourth-order valence-corrected chi connectivity index (χ4v) is 4.82. The fourth-order valence-electron chi connectivity index (χ4n) is 3.16. The molecule has 8 heteroatoms. The van der Waals surface area contributed by atoms with Gasteiger partial charge in [-0.1, -0.05) is 6.07 Å². The molecular formula is C18H18BrN3O3S. The van der Waals surface area contributed by atoms with Crippen LogP contribution in [0, 0.1) is 0 Å². The Bertz CT molecular complexity index is 857. The largest absolute Gasteiger partial charge is 0.508 e. The Hall–Kier alpha value is -1.93. The van der Waals surface area contributed by atoms with Crippen LogP contribution in [0.25, 0.3) is 0 Å². The van der Waals surface area contributed by atoms with E-state index in [4.69, 9.17) is 0 Å². The molecule has 4 rings (SSSR count). The second-order valence-electron chi connectivity index (χ2n) is 6.59. The number of phenols is 1. The van der Waals surface area contributed by atoms with Crippen LogP contribution in [0.2, 0.25) is 0 Å². The molecule has 1 N–H and O–H groups in total. The number of carbonyl (C=O) groups is 2. The van der Waals surface area contributed by atoms with Gasteiger partial charge in [-0.3, -0.25) is 9.59 Å². The molecule has 0 atom stereocenters. The maximum atomic E-state index is 12.9. The van der Waals surface area contributed by atoms with Gasteiger partial charge < -0.3 is 14.9 Å². The topological polar surface area (TPSA) is 73.7 Å². The maximum absolute atomic E-state index is 12.9. The number of piperazine rings is 1. The highest BCUT2D eigenvalue weighted by Crippen LogP contribution is 2.45. The van der Waals surface area contributed by atoms with Crippen LogP contribution in [-0.4, -0.2) is 57.9 Å². The summed E-state index contributed by atoms with van der Waals surface area (Å²) in [4.78, 5) is 34.4. The van der Waals surface area contributed by atoms with E-state index < -0.39 is 0 Å². The molecule has 2 amide bonds. The number of aromatic nitrogens is 1. The number of aromatic hydroxyl groups is 1. The Kier molecular flexibility index (Phi) is 4.71. The molecule has 1 aliphatic heterocycles. The van der Waals surface area contributed by atoms with Crippen LogP contribution in [0.3, 0.4) is 0 Å². The molecule has 26 heavy (non-hydrogen) atoms. The third-order valence-electron chi connectivity index (χ3n) is 4.73. The van der Waals surface area contributed by atoms with Gasteiger partial charge in [0.1, 0.15) is 11.4 Å². The highest BCUT2D eigenvalue weighted by molar-refractivity contribution is 9.11. The van der Waals surface area contributed by atoms with Crippen molar-refractivity contribution >= 4 is 39.1 Å². The molecule has 0 bridgehead atoms. The number of amides is 2. The zero-order valence-electron chi connectivity index (χ0n) is 14.0. The first-order chi connectivity index (χ1) is 12.5. The van der Waals surface area contributed by atoms with Crippen LogP contribution >= 0.6 is 27.3 Å². The number of carbonyl (C=O) groups excluding carboxylic acids is 2. The van der Waals surface area contributed by atoms with Crippen molar-refractivity contribution in [3.63, 3.8) is 0 Å². The van der Waals surface area contributed by atoms with Crippen LogP contribution in [0.1, 0.15) is 44.5 Å². The van der Waals surface area contributed by atoms with E-state index in [1.165, 1.54) is 12.1 Å².